The molecule has 7 nitrogen and oxygen atoms in total. The van der Waals surface area contributed by atoms with Gasteiger partial charge in [-0.3, -0.25) is 4.57 Å². The molecule has 1 aliphatic rings. The molecule has 7 heteroatoms. The molecule has 3 atom stereocenters. The first kappa shape index (κ1) is 12.0. The molecule has 0 spiro atoms. The maximum absolute atomic E-state index is 11.7. The molecule has 0 aromatic carbocycles. The summed E-state index contributed by atoms with van der Waals surface area (Å²) in [4.78, 5) is 15.3. The molecule has 1 fully saturated rings. The number of nitrogens with zero attached hydrogens (tertiary/aromatic N) is 2. The lowest BCUT2D eigenvalue weighted by molar-refractivity contribution is 0.0268. The zero-order valence-corrected chi connectivity index (χ0v) is 9.19. The largest absolute Gasteiger partial charge is 0.396 e. The summed E-state index contributed by atoms with van der Waals surface area (Å²) in [6, 6.07) is 1.19. The Balaban J connectivity index is 2.31. The number of nitrogens with two attached hydrogens (primary N) is 1. The number of aliphatic hydroxyl groups is 2. The fraction of sp³-hybridized carbons (Fsp3) is 0.600. The van der Waals surface area contributed by atoms with Crippen molar-refractivity contribution in [2.75, 3.05) is 25.6 Å². The first-order valence-corrected chi connectivity index (χ1v) is 5.35. The summed E-state index contributed by atoms with van der Waals surface area (Å²) in [5.41, 5.74) is 4.93. The zero-order chi connectivity index (χ0) is 12.4. The highest BCUT2D eigenvalue weighted by atomic mass is 16.5. The van der Waals surface area contributed by atoms with E-state index in [0.29, 0.717) is 0 Å². The van der Waals surface area contributed by atoms with E-state index in [9.17, 15) is 9.90 Å². The highest BCUT2D eigenvalue weighted by Gasteiger charge is 2.37. The van der Waals surface area contributed by atoms with E-state index in [-0.39, 0.29) is 37.6 Å². The van der Waals surface area contributed by atoms with Crippen molar-refractivity contribution in [3.63, 3.8) is 0 Å². The molecule has 1 aromatic heterocycles. The van der Waals surface area contributed by atoms with E-state index in [0.717, 1.165) is 0 Å². The van der Waals surface area contributed by atoms with Crippen LogP contribution in [0.1, 0.15) is 6.04 Å². The lowest BCUT2D eigenvalue weighted by atomic mass is 9.98. The van der Waals surface area contributed by atoms with Gasteiger partial charge in [0.25, 0.3) is 0 Å². The Morgan fingerprint density at radius 3 is 2.88 bits per heavy atom. The second-order valence-electron chi connectivity index (χ2n) is 4.01. The average molecular weight is 241 g/mol. The molecular formula is C10H15N3O4. The van der Waals surface area contributed by atoms with Gasteiger partial charge in [-0.15, -0.1) is 0 Å². The second-order valence-corrected chi connectivity index (χ2v) is 4.01. The molecule has 4 N–H and O–H groups in total. The van der Waals surface area contributed by atoms with E-state index in [1.165, 1.54) is 16.8 Å². The first-order chi connectivity index (χ1) is 8.17. The molecule has 1 aliphatic heterocycles. The number of anilines is 1. The van der Waals surface area contributed by atoms with Crippen molar-refractivity contribution >= 4 is 5.82 Å². The Kier molecular flexibility index (Phi) is 3.41. The summed E-state index contributed by atoms with van der Waals surface area (Å²) in [5, 5.41) is 18.4. The zero-order valence-electron chi connectivity index (χ0n) is 9.19. The van der Waals surface area contributed by atoms with E-state index in [4.69, 9.17) is 15.6 Å². The molecule has 0 aliphatic carbocycles. The van der Waals surface area contributed by atoms with Crippen LogP contribution in [0.25, 0.3) is 0 Å². The second kappa shape index (κ2) is 4.82. The Bertz CT molecular complexity index is 447. The molecular weight excluding hydrogens is 226 g/mol. The molecule has 2 heterocycles. The van der Waals surface area contributed by atoms with Crippen LogP contribution in [-0.4, -0.2) is 45.7 Å². The maximum atomic E-state index is 11.7. The number of hydrogen-bond donors (Lipinski definition) is 3. The van der Waals surface area contributed by atoms with Crippen molar-refractivity contribution in [3.05, 3.63) is 22.7 Å². The maximum Gasteiger partial charge on any atom is 0.349 e. The third-order valence-corrected chi connectivity index (χ3v) is 3.05. The van der Waals surface area contributed by atoms with Crippen molar-refractivity contribution in [1.82, 2.24) is 9.55 Å². The Labute approximate surface area is 97.5 Å². The predicted octanol–water partition coefficient (Wildman–Crippen LogP) is -1.63. The molecule has 0 saturated carbocycles. The molecule has 1 saturated heterocycles. The SMILES string of the molecule is Nc1ccn([C@H]2CO[C@@H](CO)[C@@H]2CO)c(=O)n1. The predicted molar refractivity (Wildman–Crippen MR) is 59.3 cm³/mol. The van der Waals surface area contributed by atoms with Crippen LogP contribution in [0.3, 0.4) is 0 Å². The van der Waals surface area contributed by atoms with Gasteiger partial charge in [-0.1, -0.05) is 0 Å². The molecule has 0 unspecified atom stereocenters. The highest BCUT2D eigenvalue weighted by molar-refractivity contribution is 5.23. The number of hydrogen-bond acceptors (Lipinski definition) is 6. The lowest BCUT2D eigenvalue weighted by Gasteiger charge is -2.20. The monoisotopic (exact) mass is 241 g/mol. The quantitative estimate of drug-likeness (QED) is 0.585. The lowest BCUT2D eigenvalue weighted by Crippen LogP contribution is -2.34. The molecule has 17 heavy (non-hydrogen) atoms. The number of aliphatic hydroxyl groups excluding tert-OH is 2. The number of ether oxygens (including phenoxy) is 1. The summed E-state index contributed by atoms with van der Waals surface area (Å²) in [6.07, 6.45) is 1.08. The Hall–Kier alpha value is -1.44. The van der Waals surface area contributed by atoms with E-state index in [2.05, 4.69) is 4.98 Å². The molecule has 2 rings (SSSR count). The summed E-state index contributed by atoms with van der Waals surface area (Å²) in [6.45, 7) is -0.0758. The van der Waals surface area contributed by atoms with Gasteiger partial charge >= 0.3 is 5.69 Å². The van der Waals surface area contributed by atoms with Gasteiger partial charge in [-0.2, -0.15) is 4.98 Å². The van der Waals surface area contributed by atoms with Crippen LogP contribution in [-0.2, 0) is 4.74 Å². The smallest absolute Gasteiger partial charge is 0.349 e. The van der Waals surface area contributed by atoms with Gasteiger partial charge in [0.2, 0.25) is 0 Å². The molecule has 0 radical (unpaired) electrons. The molecule has 1 aromatic rings. The van der Waals surface area contributed by atoms with Gasteiger partial charge in [-0.05, 0) is 6.07 Å². The van der Waals surface area contributed by atoms with Crippen LogP contribution >= 0.6 is 0 Å². The van der Waals surface area contributed by atoms with Crippen molar-refractivity contribution in [1.29, 1.82) is 0 Å². The fourth-order valence-electron chi connectivity index (χ4n) is 2.11. The number of aromatic nitrogens is 2. The van der Waals surface area contributed by atoms with Crippen molar-refractivity contribution in [2.45, 2.75) is 12.1 Å². The van der Waals surface area contributed by atoms with Crippen LogP contribution in [0.4, 0.5) is 5.82 Å². The molecule has 94 valence electrons. The van der Waals surface area contributed by atoms with Gasteiger partial charge in [-0.25, -0.2) is 4.79 Å². The normalized spacial score (nSPS) is 28.5. The highest BCUT2D eigenvalue weighted by Crippen LogP contribution is 2.29. The molecule has 0 amide bonds. The van der Waals surface area contributed by atoms with Crippen molar-refractivity contribution < 1.29 is 14.9 Å². The molecule has 0 bridgehead atoms. The summed E-state index contributed by atoms with van der Waals surface area (Å²) in [7, 11) is 0. The Morgan fingerprint density at radius 2 is 2.29 bits per heavy atom. The van der Waals surface area contributed by atoms with Gasteiger partial charge in [0, 0.05) is 12.1 Å². The van der Waals surface area contributed by atoms with E-state index >= 15 is 0 Å². The van der Waals surface area contributed by atoms with Crippen LogP contribution < -0.4 is 11.4 Å². The van der Waals surface area contributed by atoms with Crippen LogP contribution in [0.15, 0.2) is 17.1 Å². The van der Waals surface area contributed by atoms with E-state index in [1.54, 1.807) is 0 Å². The van der Waals surface area contributed by atoms with Crippen LogP contribution in [0.5, 0.6) is 0 Å². The topological polar surface area (TPSA) is 111 Å². The first-order valence-electron chi connectivity index (χ1n) is 5.35. The number of nitrogen functional groups attached to an aromatic ring is 1. The average Bonchev–Trinajstić information content (AvgIpc) is 2.71. The van der Waals surface area contributed by atoms with Gasteiger partial charge < -0.3 is 20.7 Å². The fourth-order valence-corrected chi connectivity index (χ4v) is 2.11. The summed E-state index contributed by atoms with van der Waals surface area (Å²) >= 11 is 0. The van der Waals surface area contributed by atoms with E-state index in [1.807, 2.05) is 0 Å². The summed E-state index contributed by atoms with van der Waals surface area (Å²) in [5.74, 6) is -0.160. The van der Waals surface area contributed by atoms with Gasteiger partial charge in [0.05, 0.1) is 32.0 Å². The van der Waals surface area contributed by atoms with Gasteiger partial charge in [0.1, 0.15) is 5.82 Å². The minimum Gasteiger partial charge on any atom is -0.396 e. The van der Waals surface area contributed by atoms with Crippen LogP contribution in [0, 0.1) is 5.92 Å². The van der Waals surface area contributed by atoms with Crippen molar-refractivity contribution in [2.24, 2.45) is 5.92 Å². The van der Waals surface area contributed by atoms with Crippen molar-refractivity contribution in [3.8, 4) is 0 Å². The van der Waals surface area contributed by atoms with Gasteiger partial charge in [0.15, 0.2) is 0 Å². The Morgan fingerprint density at radius 1 is 1.53 bits per heavy atom. The van der Waals surface area contributed by atoms with Crippen LogP contribution in [0.2, 0.25) is 0 Å². The standard InChI is InChI=1S/C10H15N3O4/c11-9-1-2-13(10(16)12-9)7-5-17-8(4-15)6(7)3-14/h1-2,6-8,14-15H,3-5H2,(H2,11,12,16)/t6-,7+,8+/m1/s1. The number of rotatable bonds is 3. The van der Waals surface area contributed by atoms with E-state index < -0.39 is 11.8 Å². The third-order valence-electron chi connectivity index (χ3n) is 3.05. The minimum atomic E-state index is -0.476. The third kappa shape index (κ3) is 2.17. The summed E-state index contributed by atoms with van der Waals surface area (Å²) < 4.78 is 6.71. The minimum absolute atomic E-state index is 0.157.